The molecule has 3 unspecified atom stereocenters. The highest BCUT2D eigenvalue weighted by Crippen LogP contribution is 2.36. The molecule has 114 valence electrons. The van der Waals surface area contributed by atoms with Gasteiger partial charge in [-0.1, -0.05) is 13.8 Å². The topological polar surface area (TPSA) is 101 Å². The first-order valence-corrected chi connectivity index (χ1v) is 6.88. The second kappa shape index (κ2) is 5.21. The molecule has 2 rings (SSSR count). The van der Waals surface area contributed by atoms with Gasteiger partial charge in [0, 0.05) is 6.54 Å². The molecule has 2 heterocycles. The van der Waals surface area contributed by atoms with E-state index in [9.17, 15) is 24.9 Å². The number of aliphatic hydroxyl groups excluding tert-OH is 2. The predicted molar refractivity (Wildman–Crippen MR) is 70.1 cm³/mol. The Morgan fingerprint density at radius 2 is 1.70 bits per heavy atom. The molecule has 2 saturated heterocycles. The number of carbonyl (C=O) groups excluding carboxylic acids is 1. The highest BCUT2D eigenvalue weighted by atomic mass is 16.4. The summed E-state index contributed by atoms with van der Waals surface area (Å²) in [5.41, 5.74) is -0.489. The van der Waals surface area contributed by atoms with Gasteiger partial charge in [-0.05, 0) is 18.3 Å². The number of carboxylic acids is 1. The van der Waals surface area contributed by atoms with Crippen molar-refractivity contribution in [3.05, 3.63) is 0 Å². The van der Waals surface area contributed by atoms with Crippen LogP contribution >= 0.6 is 0 Å². The van der Waals surface area contributed by atoms with E-state index >= 15 is 0 Å². The minimum Gasteiger partial charge on any atom is -0.480 e. The van der Waals surface area contributed by atoms with Crippen LogP contribution in [-0.4, -0.2) is 75.0 Å². The molecule has 0 bridgehead atoms. The quantitative estimate of drug-likeness (QED) is 0.615. The number of nitrogens with zero attached hydrogens (tertiary/aromatic N) is 2. The molecular weight excluding hydrogens is 264 g/mol. The standard InChI is InChI=1S/C13H22N2O5/c1-13(2)4-3-5-15(10(13)11(18)19)12(20)14-6-8(16)9(17)7-14/h8-10,16-17H,3-7H2,1-2H3,(H,18,19). The molecule has 7 nitrogen and oxygen atoms in total. The van der Waals surface area contributed by atoms with Gasteiger partial charge in [0.05, 0.1) is 25.3 Å². The summed E-state index contributed by atoms with van der Waals surface area (Å²) >= 11 is 0. The second-order valence-electron chi connectivity index (χ2n) is 6.35. The van der Waals surface area contributed by atoms with Crippen LogP contribution in [0.25, 0.3) is 0 Å². The first-order chi connectivity index (χ1) is 9.24. The number of piperidine rings is 1. The van der Waals surface area contributed by atoms with Crippen molar-refractivity contribution in [1.82, 2.24) is 9.80 Å². The molecule has 0 aromatic carbocycles. The number of β-amino-alcohol motifs (C(OH)–C–C–N with tert-alkyl or cyclic N) is 2. The van der Waals surface area contributed by atoms with Crippen molar-refractivity contribution < 1.29 is 24.9 Å². The smallest absolute Gasteiger partial charge is 0.327 e. The maximum absolute atomic E-state index is 12.5. The number of likely N-dealkylation sites (tertiary alicyclic amines) is 2. The van der Waals surface area contributed by atoms with Crippen LogP contribution in [0.15, 0.2) is 0 Å². The van der Waals surface area contributed by atoms with Crippen LogP contribution < -0.4 is 0 Å². The molecule has 2 aliphatic heterocycles. The predicted octanol–water partition coefficient (Wildman–Crippen LogP) is -0.281. The summed E-state index contributed by atoms with van der Waals surface area (Å²) in [6.45, 7) is 4.17. The maximum atomic E-state index is 12.5. The normalized spacial score (nSPS) is 33.3. The van der Waals surface area contributed by atoms with Crippen molar-refractivity contribution in [2.75, 3.05) is 19.6 Å². The van der Waals surface area contributed by atoms with E-state index in [1.807, 2.05) is 13.8 Å². The Bertz CT molecular complexity index is 402. The summed E-state index contributed by atoms with van der Waals surface area (Å²) in [5.74, 6) is -1.01. The highest BCUT2D eigenvalue weighted by Gasteiger charge is 2.46. The summed E-state index contributed by atoms with van der Waals surface area (Å²) in [4.78, 5) is 26.7. The number of rotatable bonds is 1. The van der Waals surface area contributed by atoms with Crippen molar-refractivity contribution >= 4 is 12.0 Å². The van der Waals surface area contributed by atoms with E-state index in [2.05, 4.69) is 0 Å². The summed E-state index contributed by atoms with van der Waals surface area (Å²) < 4.78 is 0. The van der Waals surface area contributed by atoms with Crippen molar-refractivity contribution in [3.8, 4) is 0 Å². The van der Waals surface area contributed by atoms with Crippen LogP contribution in [0.5, 0.6) is 0 Å². The fourth-order valence-corrected chi connectivity index (χ4v) is 3.17. The number of urea groups is 1. The SMILES string of the molecule is CC1(C)CCCN(C(=O)N2CC(O)C(O)C2)C1C(=O)O. The van der Waals surface area contributed by atoms with E-state index in [-0.39, 0.29) is 13.1 Å². The van der Waals surface area contributed by atoms with Crippen LogP contribution in [0.4, 0.5) is 4.79 Å². The van der Waals surface area contributed by atoms with Crippen LogP contribution in [0.2, 0.25) is 0 Å². The number of aliphatic hydroxyl groups is 2. The van der Waals surface area contributed by atoms with Crippen molar-refractivity contribution in [3.63, 3.8) is 0 Å². The van der Waals surface area contributed by atoms with Crippen molar-refractivity contribution in [2.24, 2.45) is 5.41 Å². The van der Waals surface area contributed by atoms with Gasteiger partial charge in [-0.2, -0.15) is 0 Å². The largest absolute Gasteiger partial charge is 0.480 e. The molecule has 2 amide bonds. The van der Waals surface area contributed by atoms with Gasteiger partial charge in [-0.15, -0.1) is 0 Å². The van der Waals surface area contributed by atoms with Gasteiger partial charge in [0.15, 0.2) is 0 Å². The van der Waals surface area contributed by atoms with E-state index in [1.54, 1.807) is 0 Å². The lowest BCUT2D eigenvalue weighted by molar-refractivity contribution is -0.148. The molecule has 0 aromatic rings. The number of hydrogen-bond donors (Lipinski definition) is 3. The van der Waals surface area contributed by atoms with Crippen molar-refractivity contribution in [1.29, 1.82) is 0 Å². The second-order valence-corrected chi connectivity index (χ2v) is 6.35. The molecule has 0 aromatic heterocycles. The first kappa shape index (κ1) is 15.1. The Morgan fingerprint density at radius 1 is 1.15 bits per heavy atom. The number of amides is 2. The van der Waals surface area contributed by atoms with Gasteiger partial charge in [0.2, 0.25) is 0 Å². The van der Waals surface area contributed by atoms with E-state index in [4.69, 9.17) is 0 Å². The Labute approximate surface area is 117 Å². The fourth-order valence-electron chi connectivity index (χ4n) is 3.17. The van der Waals surface area contributed by atoms with Gasteiger partial charge in [0.1, 0.15) is 6.04 Å². The number of carbonyl (C=O) groups is 2. The zero-order chi connectivity index (χ0) is 15.1. The van der Waals surface area contributed by atoms with E-state index < -0.39 is 35.7 Å². The number of hydrogen-bond acceptors (Lipinski definition) is 4. The third kappa shape index (κ3) is 2.60. The fraction of sp³-hybridized carbons (Fsp3) is 0.846. The van der Waals surface area contributed by atoms with Gasteiger partial charge >= 0.3 is 12.0 Å². The minimum atomic E-state index is -1.01. The Morgan fingerprint density at radius 3 is 2.20 bits per heavy atom. The monoisotopic (exact) mass is 286 g/mol. The van der Waals surface area contributed by atoms with E-state index in [1.165, 1.54) is 9.80 Å². The van der Waals surface area contributed by atoms with Gasteiger partial charge < -0.3 is 25.1 Å². The maximum Gasteiger partial charge on any atom is 0.327 e. The summed E-state index contributed by atoms with van der Waals surface area (Å²) in [5, 5.41) is 28.5. The third-order valence-electron chi connectivity index (χ3n) is 4.28. The molecule has 3 atom stereocenters. The summed E-state index contributed by atoms with van der Waals surface area (Å²) in [6, 6.07) is -1.29. The molecule has 2 fully saturated rings. The Hall–Kier alpha value is -1.34. The van der Waals surface area contributed by atoms with Gasteiger partial charge in [-0.25, -0.2) is 9.59 Å². The molecule has 20 heavy (non-hydrogen) atoms. The first-order valence-electron chi connectivity index (χ1n) is 6.88. The van der Waals surface area contributed by atoms with Crippen LogP contribution in [0, 0.1) is 5.41 Å². The minimum absolute atomic E-state index is 0.0449. The van der Waals surface area contributed by atoms with Crippen LogP contribution in [0.3, 0.4) is 0 Å². The molecule has 0 saturated carbocycles. The van der Waals surface area contributed by atoms with E-state index in [0.29, 0.717) is 6.54 Å². The van der Waals surface area contributed by atoms with Gasteiger partial charge in [0.25, 0.3) is 0 Å². The molecular formula is C13H22N2O5. The molecule has 0 radical (unpaired) electrons. The molecule has 7 heteroatoms. The highest BCUT2D eigenvalue weighted by molar-refractivity contribution is 5.84. The van der Waals surface area contributed by atoms with Gasteiger partial charge in [-0.3, -0.25) is 0 Å². The average Bonchev–Trinajstić information content (AvgIpc) is 2.66. The molecule has 2 aliphatic rings. The number of aliphatic carboxylic acids is 1. The Kier molecular flexibility index (Phi) is 3.93. The lowest BCUT2D eigenvalue weighted by Gasteiger charge is -2.45. The zero-order valence-corrected chi connectivity index (χ0v) is 11.8. The van der Waals surface area contributed by atoms with Crippen LogP contribution in [-0.2, 0) is 4.79 Å². The van der Waals surface area contributed by atoms with Crippen molar-refractivity contribution in [2.45, 2.75) is 44.9 Å². The third-order valence-corrected chi connectivity index (χ3v) is 4.28. The lowest BCUT2D eigenvalue weighted by Crippen LogP contribution is -2.59. The molecule has 3 N–H and O–H groups in total. The van der Waals surface area contributed by atoms with E-state index in [0.717, 1.165) is 12.8 Å². The summed E-state index contributed by atoms with van der Waals surface area (Å²) in [7, 11) is 0. The Balaban J connectivity index is 2.17. The average molecular weight is 286 g/mol. The zero-order valence-electron chi connectivity index (χ0n) is 11.8. The molecule has 0 aliphatic carbocycles. The lowest BCUT2D eigenvalue weighted by atomic mass is 9.76. The summed E-state index contributed by atoms with van der Waals surface area (Å²) in [6.07, 6.45) is -0.416. The molecule has 0 spiro atoms. The number of carboxylic acid groups (broad SMARTS) is 1. The van der Waals surface area contributed by atoms with Crippen LogP contribution in [0.1, 0.15) is 26.7 Å².